The zero-order chi connectivity index (χ0) is 24.7. The van der Waals surface area contributed by atoms with Crippen molar-refractivity contribution in [1.82, 2.24) is 19.5 Å². The predicted molar refractivity (Wildman–Crippen MR) is 134 cm³/mol. The molecule has 178 valence electrons. The highest BCUT2D eigenvalue weighted by atomic mass is 35.5. The summed E-state index contributed by atoms with van der Waals surface area (Å²) in [5, 5.41) is 16.9. The number of benzene rings is 2. The second-order valence-electron chi connectivity index (χ2n) is 8.90. The van der Waals surface area contributed by atoms with E-state index < -0.39 is 5.97 Å². The van der Waals surface area contributed by atoms with E-state index in [1.54, 1.807) is 24.3 Å². The zero-order valence-corrected chi connectivity index (χ0v) is 20.0. The highest BCUT2D eigenvalue weighted by molar-refractivity contribution is 6.30. The van der Waals surface area contributed by atoms with Crippen LogP contribution in [0.5, 0.6) is 0 Å². The Morgan fingerprint density at radius 2 is 1.94 bits per heavy atom. The number of carboxylic acids is 1. The number of fused-ring (bicyclic) bond motifs is 1. The SMILES string of the molecule is Cc1ccc(N=O)c(-c2nc3nc(C(=O)O)nc(NC(C)C4CC4)c3n2Cc2ccc(Cl)cc2)c1. The summed E-state index contributed by atoms with van der Waals surface area (Å²) < 4.78 is 1.90. The van der Waals surface area contributed by atoms with E-state index in [0.717, 1.165) is 24.0 Å². The summed E-state index contributed by atoms with van der Waals surface area (Å²) >= 11 is 6.09. The van der Waals surface area contributed by atoms with E-state index in [-0.39, 0.29) is 23.2 Å². The maximum Gasteiger partial charge on any atom is 0.374 e. The Balaban J connectivity index is 1.78. The first-order chi connectivity index (χ1) is 16.8. The average Bonchev–Trinajstić information content (AvgIpc) is 3.63. The van der Waals surface area contributed by atoms with Crippen LogP contribution >= 0.6 is 11.6 Å². The summed E-state index contributed by atoms with van der Waals surface area (Å²) in [7, 11) is 0. The first kappa shape index (κ1) is 22.9. The molecule has 10 heteroatoms. The molecule has 2 aromatic heterocycles. The van der Waals surface area contributed by atoms with Gasteiger partial charge in [-0.1, -0.05) is 35.4 Å². The molecule has 0 saturated heterocycles. The standard InChI is InChI=1S/C25H23ClN6O3/c1-13-3-10-19(31-35)18(11-13)24-30-22-20(32(24)12-15-4-8-17(26)9-5-15)21(27-14(2)16-6-7-16)28-23(29-22)25(33)34/h3-5,8-11,14,16H,6-7,12H2,1-2H3,(H,33,34)(H,27,28,29). The minimum absolute atomic E-state index is 0.100. The van der Waals surface area contributed by atoms with E-state index in [4.69, 9.17) is 16.6 Å². The lowest BCUT2D eigenvalue weighted by atomic mass is 10.1. The Morgan fingerprint density at radius 1 is 1.20 bits per heavy atom. The highest BCUT2D eigenvalue weighted by Crippen LogP contribution is 2.37. The summed E-state index contributed by atoms with van der Waals surface area (Å²) in [6.07, 6.45) is 2.22. The van der Waals surface area contributed by atoms with Crippen molar-refractivity contribution in [2.45, 2.75) is 39.3 Å². The molecule has 5 rings (SSSR count). The Kier molecular flexibility index (Phi) is 5.94. The van der Waals surface area contributed by atoms with E-state index in [1.165, 1.54) is 0 Å². The Morgan fingerprint density at radius 3 is 2.60 bits per heavy atom. The number of aromatic nitrogens is 4. The van der Waals surface area contributed by atoms with E-state index in [2.05, 4.69) is 27.4 Å². The van der Waals surface area contributed by atoms with Gasteiger partial charge in [0, 0.05) is 23.2 Å². The van der Waals surface area contributed by atoms with Crippen molar-refractivity contribution in [3.8, 4) is 11.4 Å². The van der Waals surface area contributed by atoms with Crippen LogP contribution in [0.15, 0.2) is 47.6 Å². The molecule has 4 aromatic rings. The van der Waals surface area contributed by atoms with Crippen molar-refractivity contribution < 1.29 is 9.90 Å². The molecule has 0 spiro atoms. The smallest absolute Gasteiger partial charge is 0.374 e. The summed E-state index contributed by atoms with van der Waals surface area (Å²) in [5.41, 5.74) is 3.42. The van der Waals surface area contributed by atoms with Gasteiger partial charge in [0.2, 0.25) is 5.82 Å². The molecule has 35 heavy (non-hydrogen) atoms. The molecule has 1 fully saturated rings. The molecule has 0 radical (unpaired) electrons. The van der Waals surface area contributed by atoms with Crippen LogP contribution in [0, 0.1) is 17.7 Å². The molecule has 0 bridgehead atoms. The van der Waals surface area contributed by atoms with Crippen LogP contribution in [-0.4, -0.2) is 36.6 Å². The average molecular weight is 491 g/mol. The van der Waals surface area contributed by atoms with Gasteiger partial charge in [0.05, 0.1) is 0 Å². The number of imidazole rings is 1. The van der Waals surface area contributed by atoms with E-state index in [9.17, 15) is 14.8 Å². The van der Waals surface area contributed by atoms with Crippen molar-refractivity contribution in [3.63, 3.8) is 0 Å². The molecule has 1 aliphatic rings. The van der Waals surface area contributed by atoms with Crippen molar-refractivity contribution in [3.05, 3.63) is 69.3 Å². The Hall–Kier alpha value is -3.85. The number of nitrogens with one attached hydrogen (secondary N) is 1. The van der Waals surface area contributed by atoms with Crippen LogP contribution in [0.25, 0.3) is 22.6 Å². The van der Waals surface area contributed by atoms with Crippen molar-refractivity contribution in [2.75, 3.05) is 5.32 Å². The van der Waals surface area contributed by atoms with Crippen molar-refractivity contribution >= 4 is 40.2 Å². The van der Waals surface area contributed by atoms with Gasteiger partial charge < -0.3 is 15.0 Å². The maximum absolute atomic E-state index is 11.8. The first-order valence-electron chi connectivity index (χ1n) is 11.3. The summed E-state index contributed by atoms with van der Waals surface area (Å²) in [5.74, 6) is -0.236. The fraction of sp³-hybridized carbons (Fsp3) is 0.280. The fourth-order valence-electron chi connectivity index (χ4n) is 4.20. The number of hydrogen-bond acceptors (Lipinski definition) is 7. The van der Waals surface area contributed by atoms with Gasteiger partial charge in [-0.05, 0) is 67.6 Å². The van der Waals surface area contributed by atoms with Crippen LogP contribution in [0.2, 0.25) is 5.02 Å². The Labute approximate surface area is 206 Å². The highest BCUT2D eigenvalue weighted by Gasteiger charge is 2.30. The molecule has 9 nitrogen and oxygen atoms in total. The third-order valence-corrected chi connectivity index (χ3v) is 6.49. The predicted octanol–water partition coefficient (Wildman–Crippen LogP) is 5.81. The van der Waals surface area contributed by atoms with Crippen LogP contribution in [0.3, 0.4) is 0 Å². The lowest BCUT2D eigenvalue weighted by molar-refractivity contribution is 0.0684. The quantitative estimate of drug-likeness (QED) is 0.299. The van der Waals surface area contributed by atoms with E-state index in [0.29, 0.717) is 40.2 Å². The second-order valence-corrected chi connectivity index (χ2v) is 9.34. The van der Waals surface area contributed by atoms with Crippen LogP contribution < -0.4 is 5.32 Å². The van der Waals surface area contributed by atoms with Crippen LogP contribution in [0.4, 0.5) is 11.5 Å². The van der Waals surface area contributed by atoms with Gasteiger partial charge in [-0.3, -0.25) is 0 Å². The third-order valence-electron chi connectivity index (χ3n) is 6.23. The van der Waals surface area contributed by atoms with Gasteiger partial charge in [-0.2, -0.15) is 0 Å². The van der Waals surface area contributed by atoms with E-state index >= 15 is 0 Å². The van der Waals surface area contributed by atoms with Gasteiger partial charge in [0.1, 0.15) is 17.0 Å². The normalized spacial score (nSPS) is 14.1. The molecule has 2 aromatic carbocycles. The monoisotopic (exact) mass is 490 g/mol. The number of aromatic carboxylic acids is 1. The summed E-state index contributed by atoms with van der Waals surface area (Å²) in [6.45, 7) is 4.34. The van der Waals surface area contributed by atoms with E-state index in [1.807, 2.05) is 29.7 Å². The number of nitroso groups, excluding NO2 is 1. The molecule has 0 amide bonds. The molecule has 1 unspecified atom stereocenters. The molecule has 1 atom stereocenters. The lowest BCUT2D eigenvalue weighted by Gasteiger charge is -2.17. The van der Waals surface area contributed by atoms with Gasteiger partial charge in [-0.25, -0.2) is 19.7 Å². The summed E-state index contributed by atoms with van der Waals surface area (Å²) in [4.78, 5) is 36.7. The number of nitrogens with zero attached hydrogens (tertiary/aromatic N) is 5. The number of hydrogen-bond donors (Lipinski definition) is 2. The number of rotatable bonds is 8. The van der Waals surface area contributed by atoms with Gasteiger partial charge in [0.15, 0.2) is 11.5 Å². The molecule has 1 saturated carbocycles. The Bertz CT molecular complexity index is 1450. The first-order valence-corrected chi connectivity index (χ1v) is 11.7. The largest absolute Gasteiger partial charge is 0.475 e. The van der Waals surface area contributed by atoms with Gasteiger partial charge >= 0.3 is 5.97 Å². The molecule has 0 aliphatic heterocycles. The number of carboxylic acid groups (broad SMARTS) is 1. The fourth-order valence-corrected chi connectivity index (χ4v) is 4.33. The van der Waals surface area contributed by atoms with Crippen LogP contribution in [-0.2, 0) is 6.54 Å². The second kappa shape index (κ2) is 9.07. The van der Waals surface area contributed by atoms with Gasteiger partial charge in [-0.15, -0.1) is 4.91 Å². The number of anilines is 1. The van der Waals surface area contributed by atoms with Gasteiger partial charge in [0.25, 0.3) is 0 Å². The topological polar surface area (TPSA) is 122 Å². The number of aryl methyl sites for hydroxylation is 1. The summed E-state index contributed by atoms with van der Waals surface area (Å²) in [6, 6.07) is 12.8. The molecule has 2 heterocycles. The molecule has 1 aliphatic carbocycles. The van der Waals surface area contributed by atoms with Crippen LogP contribution in [0.1, 0.15) is 41.5 Å². The molecular weight excluding hydrogens is 468 g/mol. The molecular formula is C25H23ClN6O3. The number of halogens is 1. The number of carbonyl (C=O) groups is 1. The zero-order valence-electron chi connectivity index (χ0n) is 19.2. The lowest BCUT2D eigenvalue weighted by Crippen LogP contribution is -2.20. The van der Waals surface area contributed by atoms with Crippen molar-refractivity contribution in [2.24, 2.45) is 11.1 Å². The minimum atomic E-state index is -1.24. The third kappa shape index (κ3) is 4.59. The minimum Gasteiger partial charge on any atom is -0.475 e. The van der Waals surface area contributed by atoms with Crippen molar-refractivity contribution in [1.29, 1.82) is 0 Å². The molecule has 2 N–H and O–H groups in total. The maximum atomic E-state index is 11.8.